The Kier molecular flexibility index (Phi) is 5.09. The molecule has 3 heterocycles. The van der Waals surface area contributed by atoms with Crippen LogP contribution in [0.5, 0.6) is 0 Å². The lowest BCUT2D eigenvalue weighted by molar-refractivity contribution is 0.0710. The van der Waals surface area contributed by atoms with Crippen LogP contribution in [0.1, 0.15) is 38.5 Å². The highest BCUT2D eigenvalue weighted by Crippen LogP contribution is 2.43. The first-order valence-electron chi connectivity index (χ1n) is 8.90. The van der Waals surface area contributed by atoms with E-state index in [-0.39, 0.29) is 17.6 Å². The number of nitrogens with zero attached hydrogens (tertiary/aromatic N) is 3. The number of urea groups is 1. The fourth-order valence-electron chi connectivity index (χ4n) is 4.71. The largest absolute Gasteiger partial charge is 0.383 e. The molecule has 1 atom stereocenters. The van der Waals surface area contributed by atoms with E-state index in [9.17, 15) is 13.2 Å². The SMILES string of the molecule is COC[C@H]1CCC2(CCN(C(=O)N3CCCC3)CC2)N1S(C)(=O)=O. The number of hydrogen-bond acceptors (Lipinski definition) is 4. The van der Waals surface area contributed by atoms with Crippen molar-refractivity contribution in [2.75, 3.05) is 46.2 Å². The van der Waals surface area contributed by atoms with E-state index in [2.05, 4.69) is 0 Å². The summed E-state index contributed by atoms with van der Waals surface area (Å²) in [5, 5.41) is 0. The first kappa shape index (κ1) is 17.9. The number of piperidine rings is 1. The van der Waals surface area contributed by atoms with Crippen molar-refractivity contribution in [1.29, 1.82) is 0 Å². The van der Waals surface area contributed by atoms with Gasteiger partial charge in [0.1, 0.15) is 0 Å². The predicted octanol–water partition coefficient (Wildman–Crippen LogP) is 1.11. The van der Waals surface area contributed by atoms with E-state index in [0.717, 1.165) is 51.6 Å². The Bertz CT molecular complexity index is 566. The van der Waals surface area contributed by atoms with Crippen molar-refractivity contribution in [3.63, 3.8) is 0 Å². The quantitative estimate of drug-likeness (QED) is 0.757. The normalized spacial score (nSPS) is 28.0. The van der Waals surface area contributed by atoms with E-state index in [4.69, 9.17) is 4.74 Å². The molecule has 1 spiro atoms. The van der Waals surface area contributed by atoms with Crippen LogP contribution in [-0.2, 0) is 14.8 Å². The number of likely N-dealkylation sites (tertiary alicyclic amines) is 2. The third kappa shape index (κ3) is 3.28. The molecule has 0 N–H and O–H groups in total. The molecular weight excluding hydrogens is 330 g/mol. The van der Waals surface area contributed by atoms with Gasteiger partial charge in [0.15, 0.2) is 0 Å². The van der Waals surface area contributed by atoms with Gasteiger partial charge in [-0.05, 0) is 38.5 Å². The van der Waals surface area contributed by atoms with Gasteiger partial charge in [-0.15, -0.1) is 0 Å². The molecule has 0 bridgehead atoms. The number of rotatable bonds is 3. The van der Waals surface area contributed by atoms with E-state index in [1.807, 2.05) is 9.80 Å². The number of sulfonamides is 1. The molecule has 0 aromatic heterocycles. The Balaban J connectivity index is 1.70. The van der Waals surface area contributed by atoms with Crippen molar-refractivity contribution in [3.8, 4) is 0 Å². The van der Waals surface area contributed by atoms with Crippen LogP contribution in [0.15, 0.2) is 0 Å². The second-order valence-electron chi connectivity index (χ2n) is 7.39. The van der Waals surface area contributed by atoms with Gasteiger partial charge in [0.05, 0.1) is 12.9 Å². The summed E-state index contributed by atoms with van der Waals surface area (Å²) >= 11 is 0. The summed E-state index contributed by atoms with van der Waals surface area (Å²) in [6.07, 6.45) is 6.61. The third-order valence-corrected chi connectivity index (χ3v) is 7.20. The second-order valence-corrected chi connectivity index (χ2v) is 9.25. The molecule has 3 saturated heterocycles. The molecular formula is C16H29N3O4S. The molecule has 0 aromatic rings. The number of ether oxygens (including phenoxy) is 1. The van der Waals surface area contributed by atoms with Crippen molar-refractivity contribution in [3.05, 3.63) is 0 Å². The zero-order valence-corrected chi connectivity index (χ0v) is 15.6. The lowest BCUT2D eigenvalue weighted by atomic mass is 9.86. The smallest absolute Gasteiger partial charge is 0.319 e. The number of methoxy groups -OCH3 is 1. The molecule has 0 aromatic carbocycles. The maximum atomic E-state index is 12.5. The van der Waals surface area contributed by atoms with Crippen molar-refractivity contribution in [1.82, 2.24) is 14.1 Å². The first-order chi connectivity index (χ1) is 11.4. The standard InChI is InChI=1S/C16H29N3O4S/c1-23-13-14-5-6-16(19(14)24(2,21)22)7-11-18(12-8-16)15(20)17-9-3-4-10-17/h14H,3-13H2,1-2H3/t14-/m1/s1. The van der Waals surface area contributed by atoms with Crippen molar-refractivity contribution < 1.29 is 17.9 Å². The van der Waals surface area contributed by atoms with Crippen molar-refractivity contribution in [2.45, 2.75) is 50.1 Å². The van der Waals surface area contributed by atoms with Crippen LogP contribution < -0.4 is 0 Å². The van der Waals surface area contributed by atoms with Crippen LogP contribution in [0.25, 0.3) is 0 Å². The van der Waals surface area contributed by atoms with E-state index < -0.39 is 10.0 Å². The van der Waals surface area contributed by atoms with E-state index >= 15 is 0 Å². The highest BCUT2D eigenvalue weighted by atomic mass is 32.2. The maximum Gasteiger partial charge on any atom is 0.319 e. The Hall–Kier alpha value is -0.860. The summed E-state index contributed by atoms with van der Waals surface area (Å²) in [5.41, 5.74) is -0.335. The molecule has 0 aliphatic carbocycles. The molecule has 24 heavy (non-hydrogen) atoms. The summed E-state index contributed by atoms with van der Waals surface area (Å²) < 4.78 is 31.7. The van der Waals surface area contributed by atoms with Gasteiger partial charge in [-0.1, -0.05) is 0 Å². The predicted molar refractivity (Wildman–Crippen MR) is 91.3 cm³/mol. The molecule has 3 fully saturated rings. The Morgan fingerprint density at radius 3 is 2.21 bits per heavy atom. The fraction of sp³-hybridized carbons (Fsp3) is 0.938. The number of amides is 2. The van der Waals surface area contributed by atoms with Gasteiger partial charge in [-0.25, -0.2) is 13.2 Å². The zero-order chi connectivity index (χ0) is 17.4. The molecule has 3 aliphatic heterocycles. The van der Waals surface area contributed by atoms with Gasteiger partial charge in [-0.2, -0.15) is 4.31 Å². The third-order valence-electron chi connectivity index (χ3n) is 5.80. The summed E-state index contributed by atoms with van der Waals surface area (Å²) in [5.74, 6) is 0. The van der Waals surface area contributed by atoms with Gasteiger partial charge in [0, 0.05) is 44.9 Å². The van der Waals surface area contributed by atoms with E-state index in [0.29, 0.717) is 19.7 Å². The monoisotopic (exact) mass is 359 g/mol. The molecule has 0 unspecified atom stereocenters. The highest BCUT2D eigenvalue weighted by molar-refractivity contribution is 7.88. The molecule has 0 saturated carbocycles. The van der Waals surface area contributed by atoms with Crippen LogP contribution in [-0.4, -0.2) is 86.3 Å². The first-order valence-corrected chi connectivity index (χ1v) is 10.7. The molecule has 3 rings (SSSR count). The highest BCUT2D eigenvalue weighted by Gasteiger charge is 2.52. The topological polar surface area (TPSA) is 70.2 Å². The fourth-order valence-corrected chi connectivity index (χ4v) is 6.39. The summed E-state index contributed by atoms with van der Waals surface area (Å²) in [4.78, 5) is 16.4. The summed E-state index contributed by atoms with van der Waals surface area (Å²) in [6, 6.07) is 0.0468. The average Bonchev–Trinajstić information content (AvgIpc) is 3.16. The minimum Gasteiger partial charge on any atom is -0.383 e. The minimum absolute atomic E-state index is 0.0779. The number of hydrogen-bond donors (Lipinski definition) is 0. The summed E-state index contributed by atoms with van der Waals surface area (Å²) in [7, 11) is -1.68. The van der Waals surface area contributed by atoms with Gasteiger partial charge in [0.2, 0.25) is 10.0 Å². The van der Waals surface area contributed by atoms with E-state index in [1.54, 1.807) is 11.4 Å². The maximum absolute atomic E-state index is 12.5. The average molecular weight is 359 g/mol. The Morgan fingerprint density at radius 2 is 1.67 bits per heavy atom. The number of carbonyl (C=O) groups excluding carboxylic acids is 1. The van der Waals surface area contributed by atoms with Gasteiger partial charge < -0.3 is 14.5 Å². The van der Waals surface area contributed by atoms with Crippen molar-refractivity contribution in [2.24, 2.45) is 0 Å². The molecule has 138 valence electrons. The number of carbonyl (C=O) groups is 1. The van der Waals surface area contributed by atoms with Crippen LogP contribution in [0.2, 0.25) is 0 Å². The lowest BCUT2D eigenvalue weighted by Crippen LogP contribution is -2.58. The van der Waals surface area contributed by atoms with E-state index in [1.165, 1.54) is 6.26 Å². The summed E-state index contributed by atoms with van der Waals surface area (Å²) in [6.45, 7) is 3.42. The minimum atomic E-state index is -3.30. The zero-order valence-electron chi connectivity index (χ0n) is 14.7. The van der Waals surface area contributed by atoms with Crippen molar-refractivity contribution >= 4 is 16.1 Å². The van der Waals surface area contributed by atoms with Crippen LogP contribution in [0.4, 0.5) is 4.79 Å². The van der Waals surface area contributed by atoms with Crippen LogP contribution in [0, 0.1) is 0 Å². The Morgan fingerprint density at radius 1 is 1.08 bits per heavy atom. The van der Waals surface area contributed by atoms with Gasteiger partial charge in [-0.3, -0.25) is 0 Å². The lowest BCUT2D eigenvalue weighted by Gasteiger charge is -2.45. The van der Waals surface area contributed by atoms with Crippen LogP contribution >= 0.6 is 0 Å². The second kappa shape index (κ2) is 6.80. The van der Waals surface area contributed by atoms with Gasteiger partial charge in [0.25, 0.3) is 0 Å². The molecule has 0 radical (unpaired) electrons. The van der Waals surface area contributed by atoms with Gasteiger partial charge >= 0.3 is 6.03 Å². The molecule has 2 amide bonds. The molecule has 7 nitrogen and oxygen atoms in total. The molecule has 3 aliphatic rings. The van der Waals surface area contributed by atoms with Crippen LogP contribution in [0.3, 0.4) is 0 Å². The Labute approximate surface area is 145 Å². The molecule has 8 heteroatoms.